The molecule has 0 amide bonds. The number of hydrogen-bond acceptors (Lipinski definition) is 8. The van der Waals surface area contributed by atoms with Gasteiger partial charge in [0.1, 0.15) is 12.2 Å². The summed E-state index contributed by atoms with van der Waals surface area (Å²) < 4.78 is 34.6. The maximum Gasteiger partial charge on any atom is 0.303 e. The zero-order chi connectivity index (χ0) is 23.6. The topological polar surface area (TPSA) is 89.5 Å². The molecule has 178 valence electrons. The maximum absolute atomic E-state index is 11.9. The van der Waals surface area contributed by atoms with Crippen molar-refractivity contribution in [3.8, 4) is 0 Å². The van der Waals surface area contributed by atoms with E-state index >= 15 is 0 Å². The van der Waals surface area contributed by atoms with Gasteiger partial charge in [-0.05, 0) is 11.1 Å². The molecule has 0 aromatic heterocycles. The monoisotopic (exact) mass is 458 g/mol. The average molecular weight is 459 g/mol. The van der Waals surface area contributed by atoms with Crippen molar-refractivity contribution < 1.29 is 38.0 Å². The highest BCUT2D eigenvalue weighted by Gasteiger charge is 2.51. The molecule has 0 unspecified atom stereocenters. The summed E-state index contributed by atoms with van der Waals surface area (Å²) in [6, 6.07) is 19.3. The summed E-state index contributed by atoms with van der Waals surface area (Å²) in [5, 5.41) is 0. The molecule has 0 bridgehead atoms. The minimum absolute atomic E-state index is 0.152. The van der Waals surface area contributed by atoms with E-state index in [-0.39, 0.29) is 13.2 Å². The lowest BCUT2D eigenvalue weighted by Crippen LogP contribution is -2.62. The molecule has 0 saturated carbocycles. The molecule has 0 aliphatic carbocycles. The van der Waals surface area contributed by atoms with E-state index in [4.69, 9.17) is 28.4 Å². The largest absolute Gasteiger partial charge is 0.455 e. The standard InChI is InChI=1S/C25H30O8/c1-17(26)31-23-22(30-15-20-12-8-5-9-13-20)21(16-29-14-19-10-6-4-7-11-19)33-25(28-3)24(23)32-18(2)27/h4-13,21-25H,14-16H2,1-3H3/t21-,22-,23+,24-,25+/m1/s1. The normalized spacial score (nSPS) is 24.8. The average Bonchev–Trinajstić information content (AvgIpc) is 2.80. The smallest absolute Gasteiger partial charge is 0.303 e. The molecule has 1 heterocycles. The van der Waals surface area contributed by atoms with Gasteiger partial charge in [0.15, 0.2) is 18.5 Å². The molecule has 5 atom stereocenters. The molecule has 2 aromatic rings. The van der Waals surface area contributed by atoms with Crippen molar-refractivity contribution in [3.05, 3.63) is 71.8 Å². The van der Waals surface area contributed by atoms with Crippen LogP contribution in [0.25, 0.3) is 0 Å². The lowest BCUT2D eigenvalue weighted by atomic mass is 9.98. The van der Waals surface area contributed by atoms with Crippen LogP contribution in [0.4, 0.5) is 0 Å². The Hall–Kier alpha value is -2.78. The number of esters is 2. The zero-order valence-electron chi connectivity index (χ0n) is 19.0. The van der Waals surface area contributed by atoms with E-state index in [1.165, 1.54) is 21.0 Å². The first-order valence-electron chi connectivity index (χ1n) is 10.8. The van der Waals surface area contributed by atoms with E-state index < -0.39 is 42.6 Å². The van der Waals surface area contributed by atoms with Crippen LogP contribution in [-0.4, -0.2) is 56.4 Å². The van der Waals surface area contributed by atoms with Crippen molar-refractivity contribution in [2.75, 3.05) is 13.7 Å². The Morgan fingerprint density at radius 3 is 1.88 bits per heavy atom. The second-order valence-corrected chi connectivity index (χ2v) is 7.69. The molecule has 8 heteroatoms. The molecule has 2 aromatic carbocycles. The first kappa shape index (κ1) is 24.9. The minimum atomic E-state index is -0.998. The van der Waals surface area contributed by atoms with E-state index in [0.717, 1.165) is 11.1 Å². The third-order valence-electron chi connectivity index (χ3n) is 5.11. The Bertz CT molecular complexity index is 872. The molecular weight excluding hydrogens is 428 g/mol. The van der Waals surface area contributed by atoms with Crippen LogP contribution in [-0.2, 0) is 51.2 Å². The van der Waals surface area contributed by atoms with E-state index in [9.17, 15) is 9.59 Å². The van der Waals surface area contributed by atoms with Crippen molar-refractivity contribution in [1.29, 1.82) is 0 Å². The summed E-state index contributed by atoms with van der Waals surface area (Å²) >= 11 is 0. The molecule has 33 heavy (non-hydrogen) atoms. The van der Waals surface area contributed by atoms with Gasteiger partial charge >= 0.3 is 11.9 Å². The number of carbonyl (C=O) groups is 2. The van der Waals surface area contributed by atoms with Crippen LogP contribution in [0.5, 0.6) is 0 Å². The molecule has 1 saturated heterocycles. The van der Waals surface area contributed by atoms with Gasteiger partial charge < -0.3 is 28.4 Å². The number of ether oxygens (including phenoxy) is 6. The first-order valence-corrected chi connectivity index (χ1v) is 10.8. The summed E-state index contributed by atoms with van der Waals surface area (Å²) in [6.45, 7) is 3.32. The van der Waals surface area contributed by atoms with Crippen LogP contribution in [0.2, 0.25) is 0 Å². The fraction of sp³-hybridized carbons (Fsp3) is 0.440. The highest BCUT2D eigenvalue weighted by atomic mass is 16.7. The van der Waals surface area contributed by atoms with Crippen LogP contribution in [0.15, 0.2) is 60.7 Å². The van der Waals surface area contributed by atoms with Gasteiger partial charge in [-0.25, -0.2) is 0 Å². The fourth-order valence-corrected chi connectivity index (χ4v) is 3.68. The van der Waals surface area contributed by atoms with Gasteiger partial charge in [0.25, 0.3) is 0 Å². The molecule has 0 spiro atoms. The fourth-order valence-electron chi connectivity index (χ4n) is 3.68. The second-order valence-electron chi connectivity index (χ2n) is 7.69. The van der Waals surface area contributed by atoms with E-state index in [1.54, 1.807) is 0 Å². The summed E-state index contributed by atoms with van der Waals surface area (Å²) in [5.74, 6) is -1.09. The summed E-state index contributed by atoms with van der Waals surface area (Å²) in [7, 11) is 1.43. The SMILES string of the molecule is CO[C@H]1O[C@H](COCc2ccccc2)[C@@H](OCc2ccccc2)[C@H](OC(C)=O)[C@H]1OC(C)=O. The van der Waals surface area contributed by atoms with E-state index in [1.807, 2.05) is 60.7 Å². The van der Waals surface area contributed by atoms with Crippen LogP contribution in [0.3, 0.4) is 0 Å². The predicted octanol–water partition coefficient (Wildman–Crippen LogP) is 3.02. The molecule has 1 aliphatic heterocycles. The Balaban J connectivity index is 1.81. The molecule has 1 fully saturated rings. The van der Waals surface area contributed by atoms with Crippen LogP contribution in [0.1, 0.15) is 25.0 Å². The van der Waals surface area contributed by atoms with E-state index in [0.29, 0.717) is 6.61 Å². The lowest BCUT2D eigenvalue weighted by molar-refractivity contribution is -0.309. The number of benzene rings is 2. The minimum Gasteiger partial charge on any atom is -0.455 e. The van der Waals surface area contributed by atoms with Crippen LogP contribution >= 0.6 is 0 Å². The first-order chi connectivity index (χ1) is 16.0. The Kier molecular flexibility index (Phi) is 9.38. The predicted molar refractivity (Wildman–Crippen MR) is 118 cm³/mol. The Labute approximate surface area is 193 Å². The van der Waals surface area contributed by atoms with Crippen molar-refractivity contribution in [1.82, 2.24) is 0 Å². The molecule has 0 radical (unpaired) electrons. The van der Waals surface area contributed by atoms with Crippen LogP contribution in [0, 0.1) is 0 Å². The number of methoxy groups -OCH3 is 1. The molecule has 1 aliphatic rings. The highest BCUT2D eigenvalue weighted by Crippen LogP contribution is 2.30. The quantitative estimate of drug-likeness (QED) is 0.502. The van der Waals surface area contributed by atoms with Crippen molar-refractivity contribution in [3.63, 3.8) is 0 Å². The number of rotatable bonds is 10. The van der Waals surface area contributed by atoms with Gasteiger partial charge in [0.2, 0.25) is 0 Å². The van der Waals surface area contributed by atoms with Crippen LogP contribution < -0.4 is 0 Å². The molecule has 3 rings (SSSR count). The van der Waals surface area contributed by atoms with Gasteiger partial charge in [-0.3, -0.25) is 9.59 Å². The number of carbonyl (C=O) groups excluding carboxylic acids is 2. The van der Waals surface area contributed by atoms with Gasteiger partial charge in [-0.15, -0.1) is 0 Å². The maximum atomic E-state index is 11.9. The molecule has 8 nitrogen and oxygen atoms in total. The second kappa shape index (κ2) is 12.5. The summed E-state index contributed by atoms with van der Waals surface area (Å²) in [6.07, 6.45) is -4.30. The Morgan fingerprint density at radius 2 is 1.33 bits per heavy atom. The van der Waals surface area contributed by atoms with Gasteiger partial charge in [-0.2, -0.15) is 0 Å². The van der Waals surface area contributed by atoms with Gasteiger partial charge in [0.05, 0.1) is 19.8 Å². The van der Waals surface area contributed by atoms with E-state index in [2.05, 4.69) is 0 Å². The third kappa shape index (κ3) is 7.36. The third-order valence-corrected chi connectivity index (χ3v) is 5.11. The Morgan fingerprint density at radius 1 is 0.788 bits per heavy atom. The summed E-state index contributed by atoms with van der Waals surface area (Å²) in [4.78, 5) is 23.7. The highest BCUT2D eigenvalue weighted by molar-refractivity contribution is 5.67. The van der Waals surface area contributed by atoms with Crippen molar-refractivity contribution in [2.24, 2.45) is 0 Å². The molecular formula is C25H30O8. The van der Waals surface area contributed by atoms with Gasteiger partial charge in [0, 0.05) is 21.0 Å². The lowest BCUT2D eigenvalue weighted by Gasteiger charge is -2.44. The summed E-state index contributed by atoms with van der Waals surface area (Å²) in [5.41, 5.74) is 1.94. The van der Waals surface area contributed by atoms with Crippen molar-refractivity contribution in [2.45, 2.75) is 57.8 Å². The number of hydrogen-bond donors (Lipinski definition) is 0. The zero-order valence-corrected chi connectivity index (χ0v) is 19.0. The van der Waals surface area contributed by atoms with Crippen molar-refractivity contribution >= 4 is 11.9 Å². The molecule has 0 N–H and O–H groups in total. The van der Waals surface area contributed by atoms with Gasteiger partial charge in [-0.1, -0.05) is 60.7 Å².